The van der Waals surface area contributed by atoms with Crippen LogP contribution in [0.25, 0.3) is 0 Å². The SMILES string of the molecule is CCCOC(=O)c1ccc(NS(=O)(=O)c2ccc3c(c2)CCC3)cc1. The number of carbonyl (C=O) groups is 1. The Labute approximate surface area is 148 Å². The van der Waals surface area contributed by atoms with Gasteiger partial charge in [0.2, 0.25) is 0 Å². The van der Waals surface area contributed by atoms with Gasteiger partial charge < -0.3 is 4.74 Å². The summed E-state index contributed by atoms with van der Waals surface area (Å²) in [6, 6.07) is 11.5. The lowest BCUT2D eigenvalue weighted by Gasteiger charge is -2.10. The lowest BCUT2D eigenvalue weighted by atomic mass is 10.1. The molecule has 2 aromatic rings. The molecule has 1 aliphatic carbocycles. The number of hydrogen-bond donors (Lipinski definition) is 1. The van der Waals surface area contributed by atoms with Crippen LogP contribution < -0.4 is 4.72 Å². The maximum atomic E-state index is 12.6. The quantitative estimate of drug-likeness (QED) is 0.801. The molecule has 0 saturated heterocycles. The summed E-state index contributed by atoms with van der Waals surface area (Å²) in [7, 11) is -3.65. The number of nitrogens with one attached hydrogen (secondary N) is 1. The maximum absolute atomic E-state index is 12.6. The van der Waals surface area contributed by atoms with Crippen LogP contribution in [0.1, 0.15) is 41.3 Å². The number of fused-ring (bicyclic) bond motifs is 1. The van der Waals surface area contributed by atoms with Crippen LogP contribution in [0, 0.1) is 0 Å². The second kappa shape index (κ2) is 7.27. The Kier molecular flexibility index (Phi) is 5.08. The van der Waals surface area contributed by atoms with Gasteiger partial charge in [0.05, 0.1) is 17.1 Å². The smallest absolute Gasteiger partial charge is 0.338 e. The number of anilines is 1. The van der Waals surface area contributed by atoms with Gasteiger partial charge in [-0.3, -0.25) is 4.72 Å². The predicted molar refractivity (Wildman–Crippen MR) is 96.3 cm³/mol. The molecule has 1 aliphatic rings. The van der Waals surface area contributed by atoms with E-state index >= 15 is 0 Å². The van der Waals surface area contributed by atoms with Crippen LogP contribution in [0.4, 0.5) is 5.69 Å². The van der Waals surface area contributed by atoms with Crippen LogP contribution in [0.3, 0.4) is 0 Å². The molecule has 0 saturated carbocycles. The molecule has 6 heteroatoms. The molecule has 0 aromatic heterocycles. The number of carbonyl (C=O) groups excluding carboxylic acids is 1. The Hall–Kier alpha value is -2.34. The number of aryl methyl sites for hydroxylation is 2. The van der Waals surface area contributed by atoms with E-state index in [9.17, 15) is 13.2 Å². The molecule has 0 bridgehead atoms. The van der Waals surface area contributed by atoms with Crippen molar-refractivity contribution in [1.82, 2.24) is 0 Å². The van der Waals surface area contributed by atoms with Crippen LogP contribution in [-0.4, -0.2) is 21.0 Å². The summed E-state index contributed by atoms with van der Waals surface area (Å²) in [4.78, 5) is 12.0. The third-order valence-corrected chi connectivity index (χ3v) is 5.57. The Morgan fingerprint density at radius 3 is 2.52 bits per heavy atom. The Morgan fingerprint density at radius 1 is 1.08 bits per heavy atom. The third kappa shape index (κ3) is 4.02. The van der Waals surface area contributed by atoms with Gasteiger partial charge in [-0.15, -0.1) is 0 Å². The number of hydrogen-bond acceptors (Lipinski definition) is 4. The summed E-state index contributed by atoms with van der Waals surface area (Å²) >= 11 is 0. The predicted octanol–water partition coefficient (Wildman–Crippen LogP) is 3.54. The molecule has 0 spiro atoms. The highest BCUT2D eigenvalue weighted by atomic mass is 32.2. The number of esters is 1. The largest absolute Gasteiger partial charge is 0.462 e. The van der Waals surface area contributed by atoms with Gasteiger partial charge in [0.1, 0.15) is 0 Å². The summed E-state index contributed by atoms with van der Waals surface area (Å²) in [5.74, 6) is -0.408. The molecular formula is C19H21NO4S. The molecule has 0 fully saturated rings. The Bertz CT molecular complexity index is 873. The molecule has 25 heavy (non-hydrogen) atoms. The molecule has 0 aliphatic heterocycles. The molecule has 3 rings (SSSR count). The van der Waals surface area contributed by atoms with Gasteiger partial charge in [-0.1, -0.05) is 13.0 Å². The van der Waals surface area contributed by atoms with E-state index in [1.54, 1.807) is 36.4 Å². The molecule has 0 radical (unpaired) electrons. The second-order valence-electron chi connectivity index (χ2n) is 6.10. The summed E-state index contributed by atoms with van der Waals surface area (Å²) in [5, 5.41) is 0. The van der Waals surface area contributed by atoms with Gasteiger partial charge >= 0.3 is 5.97 Å². The van der Waals surface area contributed by atoms with Gasteiger partial charge in [-0.05, 0) is 73.2 Å². The van der Waals surface area contributed by atoms with E-state index in [0.29, 0.717) is 17.9 Å². The zero-order valence-corrected chi connectivity index (χ0v) is 14.9. The molecule has 5 nitrogen and oxygen atoms in total. The van der Waals surface area contributed by atoms with Crippen molar-refractivity contribution < 1.29 is 17.9 Å². The molecule has 132 valence electrons. The van der Waals surface area contributed by atoms with E-state index in [1.807, 2.05) is 13.0 Å². The number of rotatable bonds is 6. The average Bonchev–Trinajstić information content (AvgIpc) is 3.07. The molecule has 0 amide bonds. The van der Waals surface area contributed by atoms with Crippen molar-refractivity contribution in [1.29, 1.82) is 0 Å². The fourth-order valence-electron chi connectivity index (χ4n) is 2.88. The van der Waals surface area contributed by atoms with Crippen molar-refractivity contribution in [3.8, 4) is 0 Å². The summed E-state index contributed by atoms with van der Waals surface area (Å²) in [6.07, 6.45) is 3.76. The first-order valence-electron chi connectivity index (χ1n) is 8.41. The highest BCUT2D eigenvalue weighted by molar-refractivity contribution is 7.92. The summed E-state index contributed by atoms with van der Waals surface area (Å²) in [6.45, 7) is 2.29. The standard InChI is InChI=1S/C19H21NO4S/c1-2-12-24-19(21)15-6-9-17(10-7-15)20-25(22,23)18-11-8-14-4-3-5-16(14)13-18/h6-11,13,20H,2-5,12H2,1H3. The van der Waals surface area contributed by atoms with E-state index in [2.05, 4.69) is 4.72 Å². The van der Waals surface area contributed by atoms with E-state index in [4.69, 9.17) is 4.74 Å². The van der Waals surface area contributed by atoms with Crippen molar-refractivity contribution in [3.63, 3.8) is 0 Å². The Balaban J connectivity index is 1.74. The van der Waals surface area contributed by atoms with E-state index in [-0.39, 0.29) is 4.90 Å². The number of sulfonamides is 1. The normalized spacial score (nSPS) is 13.3. The third-order valence-electron chi connectivity index (χ3n) is 4.19. The fraction of sp³-hybridized carbons (Fsp3) is 0.316. The molecular weight excluding hydrogens is 338 g/mol. The van der Waals surface area contributed by atoms with E-state index in [0.717, 1.165) is 31.2 Å². The first-order valence-corrected chi connectivity index (χ1v) is 9.90. The molecule has 1 N–H and O–H groups in total. The lowest BCUT2D eigenvalue weighted by molar-refractivity contribution is 0.0505. The van der Waals surface area contributed by atoms with Crippen molar-refractivity contribution in [2.24, 2.45) is 0 Å². The summed E-state index contributed by atoms with van der Waals surface area (Å²) in [5.41, 5.74) is 3.15. The van der Waals surface area contributed by atoms with Crippen molar-refractivity contribution in [2.45, 2.75) is 37.5 Å². The van der Waals surface area contributed by atoms with Crippen LogP contribution in [0.2, 0.25) is 0 Å². The minimum Gasteiger partial charge on any atom is -0.462 e. The highest BCUT2D eigenvalue weighted by Crippen LogP contribution is 2.26. The number of benzene rings is 2. The monoisotopic (exact) mass is 359 g/mol. The van der Waals surface area contributed by atoms with Crippen LogP contribution in [-0.2, 0) is 27.6 Å². The van der Waals surface area contributed by atoms with Gasteiger partial charge in [-0.2, -0.15) is 0 Å². The fourth-order valence-corrected chi connectivity index (χ4v) is 3.99. The average molecular weight is 359 g/mol. The molecule has 0 unspecified atom stereocenters. The second-order valence-corrected chi connectivity index (χ2v) is 7.79. The zero-order chi connectivity index (χ0) is 17.9. The zero-order valence-electron chi connectivity index (χ0n) is 14.1. The number of ether oxygens (including phenoxy) is 1. The van der Waals surface area contributed by atoms with Crippen molar-refractivity contribution in [2.75, 3.05) is 11.3 Å². The van der Waals surface area contributed by atoms with Crippen LogP contribution >= 0.6 is 0 Å². The lowest BCUT2D eigenvalue weighted by Crippen LogP contribution is -2.13. The first kappa shape index (κ1) is 17.5. The molecule has 0 heterocycles. The molecule has 0 atom stereocenters. The van der Waals surface area contributed by atoms with E-state index < -0.39 is 16.0 Å². The Morgan fingerprint density at radius 2 is 1.80 bits per heavy atom. The maximum Gasteiger partial charge on any atom is 0.338 e. The molecule has 2 aromatic carbocycles. The minimum absolute atomic E-state index is 0.264. The van der Waals surface area contributed by atoms with E-state index in [1.165, 1.54) is 5.56 Å². The topological polar surface area (TPSA) is 72.5 Å². The van der Waals surface area contributed by atoms with Gasteiger partial charge in [0.25, 0.3) is 10.0 Å². The first-order chi connectivity index (χ1) is 12.0. The van der Waals surface area contributed by atoms with Crippen molar-refractivity contribution in [3.05, 3.63) is 59.2 Å². The van der Waals surface area contributed by atoms with Gasteiger partial charge in [-0.25, -0.2) is 13.2 Å². The highest BCUT2D eigenvalue weighted by Gasteiger charge is 2.18. The van der Waals surface area contributed by atoms with Crippen LogP contribution in [0.5, 0.6) is 0 Å². The van der Waals surface area contributed by atoms with Crippen LogP contribution in [0.15, 0.2) is 47.4 Å². The summed E-state index contributed by atoms with van der Waals surface area (Å²) < 4.78 is 32.7. The minimum atomic E-state index is -3.65. The van der Waals surface area contributed by atoms with Gasteiger partial charge in [0.15, 0.2) is 0 Å². The van der Waals surface area contributed by atoms with Gasteiger partial charge in [0, 0.05) is 5.69 Å². The van der Waals surface area contributed by atoms with Crippen molar-refractivity contribution >= 4 is 21.7 Å².